The number of nitrogens with one attached hydrogen (secondary N) is 2. The molecular formula is C10H15N3O5. The summed E-state index contributed by atoms with van der Waals surface area (Å²) < 4.78 is 5.23. The number of carboxylic acids is 1. The van der Waals surface area contributed by atoms with Gasteiger partial charge in [0.1, 0.15) is 5.76 Å². The second-order valence-electron chi connectivity index (χ2n) is 3.67. The normalized spacial score (nSPS) is 11.9. The number of oxazole rings is 1. The maximum absolute atomic E-state index is 11.2. The quantitative estimate of drug-likeness (QED) is 0.565. The summed E-state index contributed by atoms with van der Waals surface area (Å²) in [4.78, 5) is 25.6. The molecule has 0 saturated carbocycles. The molecule has 4 N–H and O–H groups in total. The molecule has 2 amide bonds. The van der Waals surface area contributed by atoms with Gasteiger partial charge in [-0.15, -0.1) is 0 Å². The SMILES string of the molecule is Cc1nc(CNC(=O)NC[C@H](O)C(=O)O)oc1C. The minimum Gasteiger partial charge on any atom is -0.479 e. The Hall–Kier alpha value is -2.09. The molecule has 0 unspecified atom stereocenters. The van der Waals surface area contributed by atoms with Crippen LogP contribution in [0.2, 0.25) is 0 Å². The van der Waals surface area contributed by atoms with Gasteiger partial charge in [-0.2, -0.15) is 0 Å². The number of amides is 2. The molecule has 0 aromatic carbocycles. The Morgan fingerprint density at radius 3 is 2.56 bits per heavy atom. The summed E-state index contributed by atoms with van der Waals surface area (Å²) >= 11 is 0. The lowest BCUT2D eigenvalue weighted by Crippen LogP contribution is -2.41. The number of aliphatic hydroxyl groups excluding tert-OH is 1. The van der Waals surface area contributed by atoms with Crippen LogP contribution in [-0.2, 0) is 11.3 Å². The highest BCUT2D eigenvalue weighted by molar-refractivity contribution is 5.76. The first-order valence-electron chi connectivity index (χ1n) is 5.25. The van der Waals surface area contributed by atoms with Crippen LogP contribution >= 0.6 is 0 Å². The zero-order chi connectivity index (χ0) is 13.7. The molecule has 0 aliphatic heterocycles. The third kappa shape index (κ3) is 4.06. The number of aryl methyl sites for hydroxylation is 2. The summed E-state index contributed by atoms with van der Waals surface area (Å²) in [6.45, 7) is 3.26. The van der Waals surface area contributed by atoms with E-state index < -0.39 is 18.1 Å². The average Bonchev–Trinajstić information content (AvgIpc) is 2.63. The lowest BCUT2D eigenvalue weighted by molar-refractivity contribution is -0.146. The van der Waals surface area contributed by atoms with Gasteiger partial charge in [0.05, 0.1) is 18.8 Å². The molecule has 1 aromatic rings. The van der Waals surface area contributed by atoms with Gasteiger partial charge in [0.2, 0.25) is 5.89 Å². The van der Waals surface area contributed by atoms with Gasteiger partial charge < -0.3 is 25.3 Å². The van der Waals surface area contributed by atoms with Crippen LogP contribution < -0.4 is 10.6 Å². The number of aliphatic carboxylic acids is 1. The monoisotopic (exact) mass is 257 g/mol. The van der Waals surface area contributed by atoms with Crippen LogP contribution in [0.4, 0.5) is 4.79 Å². The number of carbonyl (C=O) groups is 2. The Morgan fingerprint density at radius 1 is 1.39 bits per heavy atom. The van der Waals surface area contributed by atoms with E-state index in [1.807, 2.05) is 0 Å². The Bertz CT molecular complexity index is 423. The maximum atomic E-state index is 11.2. The van der Waals surface area contributed by atoms with Gasteiger partial charge in [-0.25, -0.2) is 14.6 Å². The van der Waals surface area contributed by atoms with Crippen molar-refractivity contribution in [2.45, 2.75) is 26.5 Å². The number of rotatable bonds is 5. The fourth-order valence-electron chi connectivity index (χ4n) is 1.11. The molecule has 8 nitrogen and oxygen atoms in total. The number of aromatic nitrogens is 1. The van der Waals surface area contributed by atoms with E-state index in [4.69, 9.17) is 14.6 Å². The van der Waals surface area contributed by atoms with Gasteiger partial charge in [0.15, 0.2) is 6.10 Å². The first-order chi connectivity index (χ1) is 8.40. The summed E-state index contributed by atoms with van der Waals surface area (Å²) in [6, 6.07) is -0.608. The number of hydrogen-bond donors (Lipinski definition) is 4. The Morgan fingerprint density at radius 2 is 2.06 bits per heavy atom. The zero-order valence-electron chi connectivity index (χ0n) is 10.1. The third-order valence-electron chi connectivity index (χ3n) is 2.21. The molecule has 0 fully saturated rings. The number of aliphatic hydroxyl groups is 1. The van der Waals surface area contributed by atoms with Crippen LogP contribution in [0, 0.1) is 13.8 Å². The fraction of sp³-hybridized carbons (Fsp3) is 0.500. The minimum atomic E-state index is -1.62. The largest absolute Gasteiger partial charge is 0.479 e. The standard InChI is InChI=1S/C10H15N3O5/c1-5-6(2)18-8(13-5)4-12-10(17)11-3-7(14)9(15)16/h7,14H,3-4H2,1-2H3,(H,15,16)(H2,11,12,17)/t7-/m0/s1. The number of carbonyl (C=O) groups excluding carboxylic acids is 1. The van der Waals surface area contributed by atoms with E-state index in [0.717, 1.165) is 5.69 Å². The third-order valence-corrected chi connectivity index (χ3v) is 2.21. The highest BCUT2D eigenvalue weighted by Gasteiger charge is 2.14. The van der Waals surface area contributed by atoms with E-state index in [1.54, 1.807) is 13.8 Å². The van der Waals surface area contributed by atoms with Gasteiger partial charge in [0.25, 0.3) is 0 Å². The molecule has 0 radical (unpaired) electrons. The molecule has 18 heavy (non-hydrogen) atoms. The van der Waals surface area contributed by atoms with Crippen LogP contribution in [0.15, 0.2) is 4.42 Å². The number of nitrogens with zero attached hydrogens (tertiary/aromatic N) is 1. The van der Waals surface area contributed by atoms with Crippen LogP contribution in [0.3, 0.4) is 0 Å². The Balaban J connectivity index is 2.31. The van der Waals surface area contributed by atoms with E-state index in [1.165, 1.54) is 0 Å². The van der Waals surface area contributed by atoms with Crippen molar-refractivity contribution in [3.63, 3.8) is 0 Å². The van der Waals surface area contributed by atoms with Crippen molar-refractivity contribution in [1.29, 1.82) is 0 Å². The van der Waals surface area contributed by atoms with E-state index in [2.05, 4.69) is 15.6 Å². The molecule has 1 heterocycles. The Labute approximate surface area is 103 Å². The maximum Gasteiger partial charge on any atom is 0.334 e. The summed E-state index contributed by atoms with van der Waals surface area (Å²) in [6.07, 6.45) is -1.62. The van der Waals surface area contributed by atoms with E-state index in [0.29, 0.717) is 11.7 Å². The molecule has 0 saturated heterocycles. The van der Waals surface area contributed by atoms with E-state index in [-0.39, 0.29) is 13.1 Å². The molecule has 0 spiro atoms. The topological polar surface area (TPSA) is 125 Å². The summed E-state index contributed by atoms with van der Waals surface area (Å²) in [7, 11) is 0. The van der Waals surface area contributed by atoms with Gasteiger partial charge >= 0.3 is 12.0 Å². The molecule has 1 aromatic heterocycles. The van der Waals surface area contributed by atoms with Crippen molar-refractivity contribution in [2.24, 2.45) is 0 Å². The van der Waals surface area contributed by atoms with Gasteiger partial charge in [-0.05, 0) is 13.8 Å². The molecular weight excluding hydrogens is 242 g/mol. The number of hydrogen-bond acceptors (Lipinski definition) is 5. The van der Waals surface area contributed by atoms with E-state index in [9.17, 15) is 9.59 Å². The van der Waals surface area contributed by atoms with Crippen molar-refractivity contribution in [2.75, 3.05) is 6.54 Å². The second kappa shape index (κ2) is 6.01. The second-order valence-corrected chi connectivity index (χ2v) is 3.67. The van der Waals surface area contributed by atoms with Gasteiger partial charge in [-0.3, -0.25) is 0 Å². The van der Waals surface area contributed by atoms with Gasteiger partial charge in [0, 0.05) is 0 Å². The summed E-state index contributed by atoms with van der Waals surface area (Å²) in [5, 5.41) is 21.9. The lowest BCUT2D eigenvalue weighted by Gasteiger charge is -2.08. The van der Waals surface area contributed by atoms with Crippen LogP contribution in [-0.4, -0.2) is 39.8 Å². The van der Waals surface area contributed by atoms with Crippen LogP contribution in [0.1, 0.15) is 17.3 Å². The van der Waals surface area contributed by atoms with Crippen molar-refractivity contribution < 1.29 is 24.2 Å². The smallest absolute Gasteiger partial charge is 0.334 e. The van der Waals surface area contributed by atoms with Crippen molar-refractivity contribution in [1.82, 2.24) is 15.6 Å². The van der Waals surface area contributed by atoms with Crippen LogP contribution in [0.25, 0.3) is 0 Å². The molecule has 0 aliphatic carbocycles. The number of carboxylic acid groups (broad SMARTS) is 1. The molecule has 1 rings (SSSR count). The van der Waals surface area contributed by atoms with Crippen molar-refractivity contribution >= 4 is 12.0 Å². The molecule has 8 heteroatoms. The average molecular weight is 257 g/mol. The van der Waals surface area contributed by atoms with E-state index >= 15 is 0 Å². The molecule has 0 aliphatic rings. The van der Waals surface area contributed by atoms with Gasteiger partial charge in [-0.1, -0.05) is 0 Å². The Kier molecular flexibility index (Phi) is 4.67. The highest BCUT2D eigenvalue weighted by Crippen LogP contribution is 2.07. The predicted molar refractivity (Wildman–Crippen MR) is 59.9 cm³/mol. The van der Waals surface area contributed by atoms with Crippen molar-refractivity contribution in [3.05, 3.63) is 17.3 Å². The molecule has 1 atom stereocenters. The molecule has 100 valence electrons. The number of urea groups is 1. The predicted octanol–water partition coefficient (Wildman–Crippen LogP) is -0.464. The zero-order valence-corrected chi connectivity index (χ0v) is 10.1. The summed E-state index contributed by atoms with van der Waals surface area (Å²) in [5.41, 5.74) is 0.744. The van der Waals surface area contributed by atoms with Crippen LogP contribution in [0.5, 0.6) is 0 Å². The first kappa shape index (κ1) is 14.0. The first-order valence-corrected chi connectivity index (χ1v) is 5.25. The minimum absolute atomic E-state index is 0.0870. The highest BCUT2D eigenvalue weighted by atomic mass is 16.4. The lowest BCUT2D eigenvalue weighted by atomic mass is 10.4. The summed E-state index contributed by atoms with van der Waals surface area (Å²) in [5.74, 6) is -0.360. The van der Waals surface area contributed by atoms with Crippen molar-refractivity contribution in [3.8, 4) is 0 Å². The molecule has 0 bridgehead atoms. The fourth-order valence-corrected chi connectivity index (χ4v) is 1.11.